The van der Waals surface area contributed by atoms with E-state index in [2.05, 4.69) is 9.97 Å². The van der Waals surface area contributed by atoms with Gasteiger partial charge in [0.1, 0.15) is 16.7 Å². The molecule has 2 aromatic heterocycles. The normalized spacial score (nSPS) is 12.1. The topological polar surface area (TPSA) is 47.8 Å². The Hall–Kier alpha value is -2.53. The van der Waals surface area contributed by atoms with Gasteiger partial charge in [0.2, 0.25) is 5.78 Å². The van der Waals surface area contributed by atoms with Crippen molar-refractivity contribution < 1.29 is 9.18 Å². The van der Waals surface area contributed by atoms with Gasteiger partial charge in [-0.25, -0.2) is 14.4 Å². The zero-order valence-electron chi connectivity index (χ0n) is 12.3. The van der Waals surface area contributed by atoms with Gasteiger partial charge < -0.3 is 4.57 Å². The highest BCUT2D eigenvalue weighted by Gasteiger charge is 2.19. The highest BCUT2D eigenvalue weighted by atomic mass is 35.5. The summed E-state index contributed by atoms with van der Waals surface area (Å²) in [5, 5.41) is 0.258. The van der Waals surface area contributed by atoms with Crippen LogP contribution in [-0.4, -0.2) is 20.3 Å². The summed E-state index contributed by atoms with van der Waals surface area (Å²) in [7, 11) is 0. The molecule has 23 heavy (non-hydrogen) atoms. The van der Waals surface area contributed by atoms with E-state index in [1.165, 1.54) is 30.6 Å². The average molecular weight is 330 g/mol. The second-order valence-corrected chi connectivity index (χ2v) is 5.50. The lowest BCUT2D eigenvalue weighted by atomic mass is 10.1. The van der Waals surface area contributed by atoms with Gasteiger partial charge in [0.05, 0.1) is 18.6 Å². The number of aromatic nitrogens is 3. The van der Waals surface area contributed by atoms with Crippen molar-refractivity contribution in [2.24, 2.45) is 0 Å². The molecule has 0 spiro atoms. The number of imidazole rings is 1. The van der Waals surface area contributed by atoms with Crippen LogP contribution in [0.1, 0.15) is 34.6 Å². The Balaban J connectivity index is 1.96. The van der Waals surface area contributed by atoms with Crippen molar-refractivity contribution >= 4 is 17.4 Å². The molecule has 0 saturated heterocycles. The van der Waals surface area contributed by atoms with Crippen molar-refractivity contribution in [2.45, 2.75) is 13.0 Å². The molecule has 0 radical (unpaired) electrons. The van der Waals surface area contributed by atoms with Crippen molar-refractivity contribution in [3.63, 3.8) is 0 Å². The number of halogens is 2. The summed E-state index contributed by atoms with van der Waals surface area (Å²) in [5.74, 6) is -0.491. The highest BCUT2D eigenvalue weighted by molar-refractivity contribution is 6.29. The first-order valence-electron chi connectivity index (χ1n) is 7.00. The number of benzene rings is 1. The van der Waals surface area contributed by atoms with E-state index in [-0.39, 0.29) is 22.8 Å². The van der Waals surface area contributed by atoms with Crippen LogP contribution in [0.5, 0.6) is 0 Å². The molecule has 0 aliphatic heterocycles. The molecule has 0 bridgehead atoms. The Morgan fingerprint density at radius 2 is 2.00 bits per heavy atom. The monoisotopic (exact) mass is 329 g/mol. The molecule has 2 heterocycles. The Morgan fingerprint density at radius 1 is 1.26 bits per heavy atom. The van der Waals surface area contributed by atoms with E-state index in [1.807, 2.05) is 6.92 Å². The first kappa shape index (κ1) is 15.4. The zero-order valence-corrected chi connectivity index (χ0v) is 13.0. The summed E-state index contributed by atoms with van der Waals surface area (Å²) in [5.41, 5.74) is 1.76. The first-order chi connectivity index (χ1) is 11.1. The maximum atomic E-state index is 13.1. The van der Waals surface area contributed by atoms with Crippen molar-refractivity contribution in [3.8, 4) is 0 Å². The average Bonchev–Trinajstić information content (AvgIpc) is 3.03. The molecule has 1 atom stereocenters. The third kappa shape index (κ3) is 3.14. The summed E-state index contributed by atoms with van der Waals surface area (Å²) in [6.45, 7) is 1.92. The van der Waals surface area contributed by atoms with Crippen molar-refractivity contribution in [1.82, 2.24) is 14.5 Å². The maximum Gasteiger partial charge on any atom is 0.211 e. The van der Waals surface area contributed by atoms with Crippen molar-refractivity contribution in [1.29, 1.82) is 0 Å². The number of nitrogens with zero attached hydrogens (tertiary/aromatic N) is 3. The van der Waals surface area contributed by atoms with Gasteiger partial charge in [-0.1, -0.05) is 23.7 Å². The second-order valence-electron chi connectivity index (χ2n) is 5.11. The Kier molecular flexibility index (Phi) is 4.21. The quantitative estimate of drug-likeness (QED) is 0.538. The van der Waals surface area contributed by atoms with Crippen LogP contribution in [0, 0.1) is 5.82 Å². The van der Waals surface area contributed by atoms with Crippen LogP contribution in [-0.2, 0) is 0 Å². The van der Waals surface area contributed by atoms with Gasteiger partial charge in [-0.2, -0.15) is 0 Å². The van der Waals surface area contributed by atoms with E-state index < -0.39 is 0 Å². The predicted octanol–water partition coefficient (Wildman–Crippen LogP) is 3.91. The van der Waals surface area contributed by atoms with E-state index in [4.69, 9.17) is 11.6 Å². The SMILES string of the molecule is CC(c1ccc(F)cc1)n1cncc1C(=O)c1ccnc(Cl)c1. The summed E-state index contributed by atoms with van der Waals surface area (Å²) < 4.78 is 14.8. The van der Waals surface area contributed by atoms with Gasteiger partial charge in [-0.05, 0) is 36.8 Å². The van der Waals surface area contributed by atoms with E-state index in [9.17, 15) is 9.18 Å². The number of hydrogen-bond acceptors (Lipinski definition) is 3. The molecular weight excluding hydrogens is 317 g/mol. The fraction of sp³-hybridized carbons (Fsp3) is 0.118. The van der Waals surface area contributed by atoms with Gasteiger partial charge in [0.25, 0.3) is 0 Å². The van der Waals surface area contributed by atoms with Gasteiger partial charge >= 0.3 is 0 Å². The van der Waals surface area contributed by atoms with E-state index in [0.717, 1.165) is 5.56 Å². The third-order valence-electron chi connectivity index (χ3n) is 3.66. The Morgan fingerprint density at radius 3 is 2.70 bits per heavy atom. The van der Waals surface area contributed by atoms with Crippen LogP contribution >= 0.6 is 11.6 Å². The lowest BCUT2D eigenvalue weighted by Crippen LogP contribution is -2.14. The number of pyridine rings is 1. The summed E-state index contributed by atoms with van der Waals surface area (Å²) in [6.07, 6.45) is 4.58. The minimum Gasteiger partial charge on any atom is -0.321 e. The number of rotatable bonds is 4. The lowest BCUT2D eigenvalue weighted by molar-refractivity contribution is 0.102. The fourth-order valence-electron chi connectivity index (χ4n) is 2.38. The minimum absolute atomic E-state index is 0.158. The second kappa shape index (κ2) is 6.30. The smallest absolute Gasteiger partial charge is 0.211 e. The number of carbonyl (C=O) groups is 1. The van der Waals surface area contributed by atoms with Gasteiger partial charge in [0.15, 0.2) is 0 Å². The molecule has 0 amide bonds. The summed E-state index contributed by atoms with van der Waals surface area (Å²) >= 11 is 5.84. The van der Waals surface area contributed by atoms with Crippen LogP contribution in [0.2, 0.25) is 5.15 Å². The maximum absolute atomic E-state index is 13.1. The van der Waals surface area contributed by atoms with Gasteiger partial charge in [-0.15, -0.1) is 0 Å². The minimum atomic E-state index is -0.297. The fourth-order valence-corrected chi connectivity index (χ4v) is 2.56. The molecule has 1 aromatic carbocycles. The molecule has 0 saturated carbocycles. The number of carbonyl (C=O) groups excluding carboxylic acids is 1. The van der Waals surface area contributed by atoms with Crippen molar-refractivity contribution in [2.75, 3.05) is 0 Å². The van der Waals surface area contributed by atoms with Crippen molar-refractivity contribution in [3.05, 3.63) is 82.9 Å². The molecule has 0 aliphatic rings. The van der Waals surface area contributed by atoms with E-state index >= 15 is 0 Å². The van der Waals surface area contributed by atoms with Crippen LogP contribution in [0.15, 0.2) is 55.1 Å². The van der Waals surface area contributed by atoms with Crippen LogP contribution in [0.3, 0.4) is 0 Å². The molecule has 1 unspecified atom stereocenters. The Labute approximate surface area is 137 Å². The first-order valence-corrected chi connectivity index (χ1v) is 7.37. The summed E-state index contributed by atoms with van der Waals surface area (Å²) in [6, 6.07) is 9.14. The molecule has 0 aliphatic carbocycles. The highest BCUT2D eigenvalue weighted by Crippen LogP contribution is 2.22. The summed E-state index contributed by atoms with van der Waals surface area (Å²) in [4.78, 5) is 20.6. The molecule has 3 aromatic rings. The number of hydrogen-bond donors (Lipinski definition) is 0. The predicted molar refractivity (Wildman–Crippen MR) is 85.1 cm³/mol. The molecule has 6 heteroatoms. The van der Waals surface area contributed by atoms with E-state index in [0.29, 0.717) is 11.3 Å². The van der Waals surface area contributed by atoms with Crippen LogP contribution in [0.25, 0.3) is 0 Å². The van der Waals surface area contributed by atoms with Crippen LogP contribution < -0.4 is 0 Å². The largest absolute Gasteiger partial charge is 0.321 e. The molecule has 4 nitrogen and oxygen atoms in total. The van der Waals surface area contributed by atoms with Crippen LogP contribution in [0.4, 0.5) is 4.39 Å². The zero-order chi connectivity index (χ0) is 16.4. The standard InChI is InChI=1S/C17H13ClFN3O/c1-11(12-2-4-14(19)5-3-12)22-10-20-9-15(22)17(23)13-6-7-21-16(18)8-13/h2-11H,1H3. The molecule has 0 N–H and O–H groups in total. The molecular formula is C17H13ClFN3O. The molecule has 0 fully saturated rings. The Bertz CT molecular complexity index is 845. The van der Waals surface area contributed by atoms with E-state index in [1.54, 1.807) is 29.1 Å². The van der Waals surface area contributed by atoms with Gasteiger partial charge in [0, 0.05) is 11.8 Å². The third-order valence-corrected chi connectivity index (χ3v) is 3.86. The molecule has 3 rings (SSSR count). The number of ketones is 1. The lowest BCUT2D eigenvalue weighted by Gasteiger charge is -2.16. The molecule has 116 valence electrons. The van der Waals surface area contributed by atoms with Gasteiger partial charge in [-0.3, -0.25) is 4.79 Å².